The minimum Gasteiger partial charge on any atom is -0.492 e. The number of benzene rings is 2. The second kappa shape index (κ2) is 9.19. The molecular weight excluding hydrogens is 394 g/mol. The maximum atomic E-state index is 12.8. The topological polar surface area (TPSA) is 49.8 Å². The Morgan fingerprint density at radius 2 is 1.81 bits per heavy atom. The van der Waals surface area contributed by atoms with Gasteiger partial charge in [0.1, 0.15) is 5.75 Å². The zero-order valence-corrected chi connectivity index (χ0v) is 17.2. The lowest BCUT2D eigenvalue weighted by Gasteiger charge is -2.29. The molecule has 0 fully saturated rings. The second-order valence-corrected chi connectivity index (χ2v) is 7.72. The minimum absolute atomic E-state index is 0.149. The third kappa shape index (κ3) is 5.08. The van der Waals surface area contributed by atoms with E-state index < -0.39 is 6.10 Å². The summed E-state index contributed by atoms with van der Waals surface area (Å²) in [5.74, 6) is 0.994. The lowest BCUT2D eigenvalue weighted by molar-refractivity contribution is 0.0487. The van der Waals surface area contributed by atoms with Crippen molar-refractivity contribution in [3.8, 4) is 5.75 Å². The molecule has 4 nitrogen and oxygen atoms in total. The van der Waals surface area contributed by atoms with E-state index in [0.29, 0.717) is 18.1 Å². The fourth-order valence-corrected chi connectivity index (χ4v) is 3.03. The van der Waals surface area contributed by atoms with Crippen LogP contribution in [-0.2, 0) is 0 Å². The molecule has 0 spiro atoms. The number of carbonyl (C=O) groups is 1. The molecule has 140 valence electrons. The van der Waals surface area contributed by atoms with E-state index in [1.54, 1.807) is 30.1 Å². The monoisotopic (exact) mass is 419 g/mol. The van der Waals surface area contributed by atoms with Crippen LogP contribution in [0.1, 0.15) is 42.8 Å². The number of likely N-dealkylation sites (N-methyl/N-ethyl adjacent to an activating group) is 1. The number of nitrogens with zero attached hydrogens (tertiary/aromatic N) is 1. The highest BCUT2D eigenvalue weighted by atomic mass is 79.9. The molecule has 0 aliphatic heterocycles. The summed E-state index contributed by atoms with van der Waals surface area (Å²) >= 11 is 3.47. The van der Waals surface area contributed by atoms with Crippen LogP contribution in [0.2, 0.25) is 0 Å². The summed E-state index contributed by atoms with van der Waals surface area (Å²) in [5.41, 5.74) is 1.33. The van der Waals surface area contributed by atoms with Gasteiger partial charge in [0.2, 0.25) is 0 Å². The maximum absolute atomic E-state index is 12.8. The third-order valence-electron chi connectivity index (χ3n) is 4.28. The lowest BCUT2D eigenvalue weighted by Crippen LogP contribution is -2.39. The van der Waals surface area contributed by atoms with Gasteiger partial charge in [-0.3, -0.25) is 4.79 Å². The van der Waals surface area contributed by atoms with Crippen molar-refractivity contribution in [3.63, 3.8) is 0 Å². The Morgan fingerprint density at radius 3 is 2.38 bits per heavy atom. The summed E-state index contributed by atoms with van der Waals surface area (Å²) in [6, 6.07) is 14.3. The van der Waals surface area contributed by atoms with Crippen LogP contribution >= 0.6 is 15.9 Å². The summed E-state index contributed by atoms with van der Waals surface area (Å²) in [7, 11) is 1.70. The van der Waals surface area contributed by atoms with Crippen molar-refractivity contribution in [1.82, 2.24) is 4.90 Å². The van der Waals surface area contributed by atoms with Crippen LogP contribution < -0.4 is 4.74 Å². The summed E-state index contributed by atoms with van der Waals surface area (Å²) in [6.45, 7) is 6.62. The summed E-state index contributed by atoms with van der Waals surface area (Å²) in [5, 5.41) is 10.6. The van der Waals surface area contributed by atoms with E-state index in [9.17, 15) is 9.90 Å². The number of ether oxygens (including phenoxy) is 1. The lowest BCUT2D eigenvalue weighted by atomic mass is 10.0. The standard InChI is InChI=1S/C21H26BrNO3/c1-14(2)13-26-19-11-10-17(12-18(19)22)21(25)23(4)15(3)20(24)16-8-6-5-7-9-16/h5-12,14-15,20,24H,13H2,1-4H3. The maximum Gasteiger partial charge on any atom is 0.253 e. The van der Waals surface area contributed by atoms with Crippen LogP contribution in [0.25, 0.3) is 0 Å². The molecule has 0 saturated carbocycles. The van der Waals surface area contributed by atoms with E-state index in [4.69, 9.17) is 4.74 Å². The highest BCUT2D eigenvalue weighted by molar-refractivity contribution is 9.10. The van der Waals surface area contributed by atoms with Gasteiger partial charge in [0.05, 0.1) is 23.2 Å². The predicted octanol–water partition coefficient (Wildman–Crippen LogP) is 4.68. The van der Waals surface area contributed by atoms with E-state index in [0.717, 1.165) is 15.8 Å². The van der Waals surface area contributed by atoms with Gasteiger partial charge in [0.25, 0.3) is 5.91 Å². The van der Waals surface area contributed by atoms with Gasteiger partial charge in [0.15, 0.2) is 0 Å². The molecule has 0 bridgehead atoms. The van der Waals surface area contributed by atoms with Crippen LogP contribution in [0.3, 0.4) is 0 Å². The average Bonchev–Trinajstić information content (AvgIpc) is 2.65. The highest BCUT2D eigenvalue weighted by Gasteiger charge is 2.25. The van der Waals surface area contributed by atoms with Gasteiger partial charge in [-0.25, -0.2) is 0 Å². The van der Waals surface area contributed by atoms with Crippen molar-refractivity contribution in [1.29, 1.82) is 0 Å². The zero-order valence-electron chi connectivity index (χ0n) is 15.6. The zero-order chi connectivity index (χ0) is 19.3. The normalized spacial score (nSPS) is 13.3. The number of hydrogen-bond acceptors (Lipinski definition) is 3. The number of aliphatic hydroxyl groups excluding tert-OH is 1. The van der Waals surface area contributed by atoms with Crippen LogP contribution in [-0.4, -0.2) is 35.6 Å². The summed E-state index contributed by atoms with van der Waals surface area (Å²) in [4.78, 5) is 14.4. The number of aliphatic hydroxyl groups is 1. The summed E-state index contributed by atoms with van der Waals surface area (Å²) < 4.78 is 6.47. The first-order chi connectivity index (χ1) is 12.3. The minimum atomic E-state index is -0.748. The van der Waals surface area contributed by atoms with Crippen LogP contribution in [0.4, 0.5) is 0 Å². The molecule has 0 radical (unpaired) electrons. The largest absolute Gasteiger partial charge is 0.492 e. The quantitative estimate of drug-likeness (QED) is 0.708. The van der Waals surface area contributed by atoms with Crippen molar-refractivity contribution >= 4 is 21.8 Å². The first-order valence-corrected chi connectivity index (χ1v) is 9.53. The molecule has 1 amide bonds. The number of hydrogen-bond donors (Lipinski definition) is 1. The second-order valence-electron chi connectivity index (χ2n) is 6.86. The van der Waals surface area contributed by atoms with E-state index in [2.05, 4.69) is 29.8 Å². The fraction of sp³-hybridized carbons (Fsp3) is 0.381. The Labute approximate surface area is 163 Å². The van der Waals surface area contributed by atoms with Gasteiger partial charge >= 0.3 is 0 Å². The van der Waals surface area contributed by atoms with Gasteiger partial charge in [-0.15, -0.1) is 0 Å². The van der Waals surface area contributed by atoms with Gasteiger partial charge in [-0.05, 0) is 52.5 Å². The Kier molecular flexibility index (Phi) is 7.23. The van der Waals surface area contributed by atoms with Gasteiger partial charge in [0, 0.05) is 12.6 Å². The Morgan fingerprint density at radius 1 is 1.15 bits per heavy atom. The summed E-state index contributed by atoms with van der Waals surface area (Å²) in [6.07, 6.45) is -0.748. The molecule has 0 aromatic heterocycles. The molecule has 0 heterocycles. The Hall–Kier alpha value is -1.85. The molecule has 2 aromatic carbocycles. The van der Waals surface area contributed by atoms with Crippen molar-refractivity contribution < 1.29 is 14.6 Å². The molecule has 0 saturated heterocycles. The van der Waals surface area contributed by atoms with Gasteiger partial charge in [-0.2, -0.15) is 0 Å². The Balaban J connectivity index is 2.11. The molecule has 26 heavy (non-hydrogen) atoms. The molecule has 1 N–H and O–H groups in total. The molecule has 0 aliphatic carbocycles. The SMILES string of the molecule is CC(C)COc1ccc(C(=O)N(C)C(C)C(O)c2ccccc2)cc1Br. The molecule has 5 heteroatoms. The number of amides is 1. The first kappa shape index (κ1) is 20.5. The first-order valence-electron chi connectivity index (χ1n) is 8.73. The molecule has 0 aliphatic rings. The van der Waals surface area contributed by atoms with Crippen LogP contribution in [0.5, 0.6) is 5.75 Å². The number of rotatable bonds is 7. The van der Waals surface area contributed by atoms with E-state index in [1.165, 1.54) is 0 Å². The highest BCUT2D eigenvalue weighted by Crippen LogP contribution is 2.28. The van der Waals surface area contributed by atoms with Crippen molar-refractivity contribution in [3.05, 3.63) is 64.1 Å². The number of halogens is 1. The Bertz CT molecular complexity index is 733. The fourth-order valence-electron chi connectivity index (χ4n) is 2.54. The van der Waals surface area contributed by atoms with E-state index >= 15 is 0 Å². The number of carbonyl (C=O) groups excluding carboxylic acids is 1. The van der Waals surface area contributed by atoms with Gasteiger partial charge < -0.3 is 14.7 Å². The molecular formula is C21H26BrNO3. The molecule has 2 aromatic rings. The van der Waals surface area contributed by atoms with E-state index in [-0.39, 0.29) is 11.9 Å². The van der Waals surface area contributed by atoms with Gasteiger partial charge in [-0.1, -0.05) is 44.2 Å². The molecule has 2 unspecified atom stereocenters. The van der Waals surface area contributed by atoms with Crippen LogP contribution in [0, 0.1) is 5.92 Å². The molecule has 2 rings (SSSR count). The van der Waals surface area contributed by atoms with Crippen LogP contribution in [0.15, 0.2) is 53.0 Å². The third-order valence-corrected chi connectivity index (χ3v) is 4.90. The smallest absolute Gasteiger partial charge is 0.253 e. The average molecular weight is 420 g/mol. The van der Waals surface area contributed by atoms with E-state index in [1.807, 2.05) is 37.3 Å². The molecule has 2 atom stereocenters. The van der Waals surface area contributed by atoms with Crippen molar-refractivity contribution in [2.45, 2.75) is 32.9 Å². The van der Waals surface area contributed by atoms with Crippen molar-refractivity contribution in [2.75, 3.05) is 13.7 Å². The predicted molar refractivity (Wildman–Crippen MR) is 107 cm³/mol. The van der Waals surface area contributed by atoms with Crippen molar-refractivity contribution in [2.24, 2.45) is 5.92 Å².